The first kappa shape index (κ1) is 21.9. The van der Waals surface area contributed by atoms with Crippen molar-refractivity contribution in [2.24, 2.45) is 0 Å². The van der Waals surface area contributed by atoms with E-state index in [1.165, 1.54) is 25.3 Å². The van der Waals surface area contributed by atoms with Gasteiger partial charge >= 0.3 is 5.97 Å². The second-order valence-corrected chi connectivity index (χ2v) is 6.04. The third-order valence-corrected chi connectivity index (χ3v) is 3.87. The Morgan fingerprint density at radius 1 is 1.21 bits per heavy atom. The number of aliphatic hydroxyl groups excluding tert-OH is 1. The minimum absolute atomic E-state index is 0.118. The van der Waals surface area contributed by atoms with Crippen LogP contribution in [0.3, 0.4) is 0 Å². The lowest BCUT2D eigenvalue weighted by molar-refractivity contribution is -0.384. The lowest BCUT2D eigenvalue weighted by Gasteiger charge is -2.12. The second-order valence-electron chi connectivity index (χ2n) is 5.61. The number of nitro groups is 1. The van der Waals surface area contributed by atoms with Crippen LogP contribution in [0.4, 0.5) is 17.1 Å². The number of non-ortho nitro benzene ring substituents is 1. The van der Waals surface area contributed by atoms with Crippen LogP contribution < -0.4 is 15.4 Å². The number of esters is 1. The number of nitrogens with zero attached hydrogens (tertiary/aromatic N) is 1. The van der Waals surface area contributed by atoms with E-state index < -0.39 is 23.4 Å². The highest BCUT2D eigenvalue weighted by Crippen LogP contribution is 2.27. The van der Waals surface area contributed by atoms with E-state index in [-0.39, 0.29) is 30.1 Å². The van der Waals surface area contributed by atoms with Crippen molar-refractivity contribution >= 4 is 40.5 Å². The maximum Gasteiger partial charge on any atom is 0.341 e. The van der Waals surface area contributed by atoms with Gasteiger partial charge in [0.2, 0.25) is 0 Å². The number of carbonyl (C=O) groups is 2. The third kappa shape index (κ3) is 6.06. The molecule has 0 spiro atoms. The molecule has 0 aliphatic rings. The lowest BCUT2D eigenvalue weighted by atomic mass is 10.1. The Balaban J connectivity index is 2.09. The number of carbonyl (C=O) groups excluding carboxylic acids is 2. The van der Waals surface area contributed by atoms with Crippen LogP contribution >= 0.6 is 11.6 Å². The molecule has 10 nitrogen and oxygen atoms in total. The summed E-state index contributed by atoms with van der Waals surface area (Å²) in [5, 5.41) is 25.5. The summed E-state index contributed by atoms with van der Waals surface area (Å²) in [7, 11) is 1.42. The maximum absolute atomic E-state index is 12.4. The van der Waals surface area contributed by atoms with E-state index >= 15 is 0 Å². The molecule has 0 saturated carbocycles. The molecule has 3 N–H and O–H groups in total. The van der Waals surface area contributed by atoms with E-state index in [1.807, 2.05) is 0 Å². The monoisotopic (exact) mass is 423 g/mol. The van der Waals surface area contributed by atoms with Crippen molar-refractivity contribution in [3.8, 4) is 5.75 Å². The molecule has 2 aromatic carbocycles. The number of nitrogens with one attached hydrogen (secondary N) is 2. The Bertz CT molecular complexity index is 920. The van der Waals surface area contributed by atoms with Crippen molar-refractivity contribution in [3.05, 3.63) is 57.1 Å². The van der Waals surface area contributed by atoms with E-state index in [2.05, 4.69) is 10.6 Å². The summed E-state index contributed by atoms with van der Waals surface area (Å²) in [5.74, 6) is -1.24. The van der Waals surface area contributed by atoms with Gasteiger partial charge in [0.25, 0.3) is 11.6 Å². The minimum Gasteiger partial charge on any atom is -0.495 e. The number of ether oxygens (including phenoxy) is 2. The highest BCUT2D eigenvalue weighted by atomic mass is 35.5. The van der Waals surface area contributed by atoms with Gasteiger partial charge in [0.05, 0.1) is 29.9 Å². The second kappa shape index (κ2) is 10.2. The largest absolute Gasteiger partial charge is 0.495 e. The van der Waals surface area contributed by atoms with Crippen LogP contribution in [-0.4, -0.2) is 48.8 Å². The van der Waals surface area contributed by atoms with Crippen LogP contribution in [0.5, 0.6) is 5.75 Å². The SMILES string of the molecule is COc1ccc(Cl)cc1NC(=O)COC(=O)c1cc([N+](=O)[O-])ccc1NCCO. The van der Waals surface area contributed by atoms with Crippen molar-refractivity contribution < 1.29 is 29.1 Å². The Morgan fingerprint density at radius 2 is 1.97 bits per heavy atom. The highest BCUT2D eigenvalue weighted by Gasteiger charge is 2.19. The summed E-state index contributed by atoms with van der Waals surface area (Å²) in [6.45, 7) is -0.737. The molecule has 0 aliphatic heterocycles. The van der Waals surface area contributed by atoms with Gasteiger partial charge in [0.15, 0.2) is 6.61 Å². The smallest absolute Gasteiger partial charge is 0.341 e. The van der Waals surface area contributed by atoms with Crippen LogP contribution in [0.15, 0.2) is 36.4 Å². The molecular weight excluding hydrogens is 406 g/mol. The molecule has 0 saturated heterocycles. The standard InChI is InChI=1S/C18H18ClN3O7/c1-28-16-5-2-11(19)8-15(16)21-17(24)10-29-18(25)13-9-12(22(26)27)3-4-14(13)20-6-7-23/h2-5,8-9,20,23H,6-7,10H2,1H3,(H,21,24). The first-order valence-corrected chi connectivity index (χ1v) is 8.67. The number of hydrogen-bond donors (Lipinski definition) is 3. The molecular formula is C18H18ClN3O7. The molecule has 0 unspecified atom stereocenters. The number of aliphatic hydroxyl groups is 1. The molecule has 154 valence electrons. The third-order valence-electron chi connectivity index (χ3n) is 3.63. The molecule has 0 aromatic heterocycles. The zero-order valence-electron chi connectivity index (χ0n) is 15.3. The zero-order valence-corrected chi connectivity index (χ0v) is 16.1. The number of nitro benzene ring substituents is 1. The normalized spacial score (nSPS) is 10.2. The Morgan fingerprint density at radius 3 is 2.62 bits per heavy atom. The number of benzene rings is 2. The fourth-order valence-corrected chi connectivity index (χ4v) is 2.50. The van der Waals surface area contributed by atoms with Gasteiger partial charge in [0.1, 0.15) is 5.75 Å². The molecule has 2 rings (SSSR count). The van der Waals surface area contributed by atoms with Gasteiger partial charge < -0.3 is 25.2 Å². The minimum atomic E-state index is -0.942. The van der Waals surface area contributed by atoms with Crippen LogP contribution in [-0.2, 0) is 9.53 Å². The molecule has 0 aliphatic carbocycles. The Hall–Kier alpha value is -3.37. The fraction of sp³-hybridized carbons (Fsp3) is 0.222. The Labute approximate surface area is 170 Å². The van der Waals surface area contributed by atoms with Crippen LogP contribution in [0.1, 0.15) is 10.4 Å². The van der Waals surface area contributed by atoms with Crippen molar-refractivity contribution in [3.63, 3.8) is 0 Å². The number of anilines is 2. The van der Waals surface area contributed by atoms with E-state index in [4.69, 9.17) is 26.2 Å². The van der Waals surface area contributed by atoms with E-state index in [0.717, 1.165) is 6.07 Å². The first-order valence-electron chi connectivity index (χ1n) is 8.29. The van der Waals surface area contributed by atoms with Gasteiger partial charge in [0, 0.05) is 29.4 Å². The van der Waals surface area contributed by atoms with Gasteiger partial charge in [-0.15, -0.1) is 0 Å². The summed E-state index contributed by atoms with van der Waals surface area (Å²) in [4.78, 5) is 34.8. The Kier molecular flexibility index (Phi) is 7.75. The van der Waals surface area contributed by atoms with Gasteiger partial charge in [-0.05, 0) is 24.3 Å². The van der Waals surface area contributed by atoms with Crippen molar-refractivity contribution in [1.29, 1.82) is 0 Å². The predicted molar refractivity (Wildman–Crippen MR) is 106 cm³/mol. The maximum atomic E-state index is 12.4. The number of halogens is 1. The van der Waals surface area contributed by atoms with Gasteiger partial charge in [-0.1, -0.05) is 11.6 Å². The summed E-state index contributed by atoms with van der Waals surface area (Å²) in [6, 6.07) is 8.17. The molecule has 0 heterocycles. The topological polar surface area (TPSA) is 140 Å². The van der Waals surface area contributed by atoms with E-state index in [0.29, 0.717) is 16.5 Å². The summed E-state index contributed by atoms with van der Waals surface area (Å²) in [6.07, 6.45) is 0. The summed E-state index contributed by atoms with van der Waals surface area (Å²) >= 11 is 5.89. The van der Waals surface area contributed by atoms with Gasteiger partial charge in [-0.25, -0.2) is 4.79 Å². The van der Waals surface area contributed by atoms with Gasteiger partial charge in [-0.2, -0.15) is 0 Å². The molecule has 0 bridgehead atoms. The number of hydrogen-bond acceptors (Lipinski definition) is 8. The number of amides is 1. The van der Waals surface area contributed by atoms with E-state index in [1.54, 1.807) is 12.1 Å². The molecule has 1 amide bonds. The van der Waals surface area contributed by atoms with Crippen LogP contribution in [0.25, 0.3) is 0 Å². The predicted octanol–water partition coefficient (Wildman–Crippen LogP) is 2.46. The summed E-state index contributed by atoms with van der Waals surface area (Å²) < 4.78 is 10.1. The lowest BCUT2D eigenvalue weighted by Crippen LogP contribution is -2.22. The van der Waals surface area contributed by atoms with Crippen molar-refractivity contribution in [1.82, 2.24) is 0 Å². The highest BCUT2D eigenvalue weighted by molar-refractivity contribution is 6.31. The number of methoxy groups -OCH3 is 1. The number of rotatable bonds is 9. The molecule has 29 heavy (non-hydrogen) atoms. The average Bonchev–Trinajstić information content (AvgIpc) is 2.70. The molecule has 2 aromatic rings. The van der Waals surface area contributed by atoms with E-state index in [9.17, 15) is 19.7 Å². The van der Waals surface area contributed by atoms with Crippen LogP contribution in [0, 0.1) is 10.1 Å². The van der Waals surface area contributed by atoms with Crippen molar-refractivity contribution in [2.75, 3.05) is 37.5 Å². The fourth-order valence-electron chi connectivity index (χ4n) is 2.33. The zero-order chi connectivity index (χ0) is 21.4. The summed E-state index contributed by atoms with van der Waals surface area (Å²) in [5.41, 5.74) is 0.0636. The molecule has 11 heteroatoms. The molecule has 0 atom stereocenters. The van der Waals surface area contributed by atoms with Gasteiger partial charge in [-0.3, -0.25) is 14.9 Å². The average molecular weight is 424 g/mol. The molecule has 0 radical (unpaired) electrons. The quantitative estimate of drug-likeness (QED) is 0.317. The first-order chi connectivity index (χ1) is 13.8. The van der Waals surface area contributed by atoms with Crippen molar-refractivity contribution in [2.45, 2.75) is 0 Å². The van der Waals surface area contributed by atoms with Crippen LogP contribution in [0.2, 0.25) is 5.02 Å². The molecule has 0 fully saturated rings.